The number of carbonyl (C=O) groups is 1. The Balaban J connectivity index is 2.97. The predicted molar refractivity (Wildman–Crippen MR) is 95.5 cm³/mol. The number of amidine groups is 1. The van der Waals surface area contributed by atoms with Crippen molar-refractivity contribution >= 4 is 11.9 Å². The van der Waals surface area contributed by atoms with E-state index in [1.54, 1.807) is 4.90 Å². The molecule has 1 aliphatic rings. The molecular formula is C18H31N3O2. The lowest BCUT2D eigenvalue weighted by atomic mass is 9.86. The van der Waals surface area contributed by atoms with E-state index in [0.29, 0.717) is 18.8 Å². The molecule has 5 nitrogen and oxygen atoms in total. The number of nitrogens with two attached hydrogens (primary N) is 1. The molecule has 1 aliphatic heterocycles. The second kappa shape index (κ2) is 6.77. The quantitative estimate of drug-likeness (QED) is 0.489. The maximum Gasteiger partial charge on any atom is 0.411 e. The fourth-order valence-corrected chi connectivity index (χ4v) is 2.22. The second-order valence-corrected chi connectivity index (χ2v) is 7.83. The van der Waals surface area contributed by atoms with Crippen LogP contribution in [-0.2, 0) is 4.74 Å². The highest BCUT2D eigenvalue weighted by molar-refractivity contribution is 5.90. The van der Waals surface area contributed by atoms with E-state index in [1.165, 1.54) is 0 Å². The highest BCUT2D eigenvalue weighted by Crippen LogP contribution is 2.27. The predicted octanol–water partition coefficient (Wildman–Crippen LogP) is 3.51. The minimum absolute atomic E-state index is 0.0330. The summed E-state index contributed by atoms with van der Waals surface area (Å²) < 4.78 is 5.46. The molecule has 0 aromatic carbocycles. The summed E-state index contributed by atoms with van der Waals surface area (Å²) in [6.45, 7) is 19.9. The van der Waals surface area contributed by atoms with Crippen LogP contribution >= 0.6 is 0 Å². The number of carbonyl (C=O) groups excluding carboxylic acids is 1. The molecule has 130 valence electrons. The summed E-state index contributed by atoms with van der Waals surface area (Å²) in [5, 5.41) is 0. The summed E-state index contributed by atoms with van der Waals surface area (Å²) in [4.78, 5) is 18.6. The van der Waals surface area contributed by atoms with E-state index in [2.05, 4.69) is 32.0 Å². The lowest BCUT2D eigenvalue weighted by Gasteiger charge is -2.30. The molecule has 1 saturated heterocycles. The van der Waals surface area contributed by atoms with Crippen molar-refractivity contribution in [2.45, 2.75) is 65.6 Å². The Morgan fingerprint density at radius 2 is 2.00 bits per heavy atom. The Bertz CT molecular complexity index is 515. The van der Waals surface area contributed by atoms with E-state index < -0.39 is 5.60 Å². The molecule has 0 saturated carbocycles. The minimum Gasteiger partial charge on any atom is -0.444 e. The minimum atomic E-state index is -0.546. The number of aliphatic imine (C=N–C) groups is 1. The first kappa shape index (κ1) is 19.3. The maximum atomic E-state index is 12.4. The summed E-state index contributed by atoms with van der Waals surface area (Å²) in [6.07, 6.45) is 2.11. The van der Waals surface area contributed by atoms with Crippen molar-refractivity contribution in [1.29, 1.82) is 0 Å². The molecule has 2 N–H and O–H groups in total. The molecule has 0 aliphatic carbocycles. The largest absolute Gasteiger partial charge is 0.444 e. The zero-order valence-electron chi connectivity index (χ0n) is 15.3. The summed E-state index contributed by atoms with van der Waals surface area (Å²) in [5.74, 6) is 0.442. The third-order valence-electron chi connectivity index (χ3n) is 4.17. The molecule has 2 atom stereocenters. The molecule has 1 rings (SSSR count). The normalized spacial score (nSPS) is 21.3. The SMILES string of the molecule is C=CC(C)(C)[C@H](C)/N=C(\N)[C@@H]1CC(=C)CN1C(=O)OC(C)(C)C. The highest BCUT2D eigenvalue weighted by atomic mass is 16.6. The molecule has 1 heterocycles. The Morgan fingerprint density at radius 3 is 2.48 bits per heavy atom. The zero-order chi connectivity index (χ0) is 18.0. The second-order valence-electron chi connectivity index (χ2n) is 7.83. The van der Waals surface area contributed by atoms with Gasteiger partial charge in [-0.2, -0.15) is 0 Å². The van der Waals surface area contributed by atoms with Gasteiger partial charge in [-0.05, 0) is 34.1 Å². The Labute approximate surface area is 140 Å². The van der Waals surface area contributed by atoms with E-state index >= 15 is 0 Å². The maximum absolute atomic E-state index is 12.4. The molecule has 0 aromatic heterocycles. The van der Waals surface area contributed by atoms with Crippen LogP contribution in [0.3, 0.4) is 0 Å². The number of ether oxygens (including phenoxy) is 1. The van der Waals surface area contributed by atoms with Crippen LogP contribution in [0.4, 0.5) is 4.79 Å². The van der Waals surface area contributed by atoms with Gasteiger partial charge in [0.15, 0.2) is 0 Å². The van der Waals surface area contributed by atoms with Gasteiger partial charge in [-0.1, -0.05) is 32.1 Å². The molecular weight excluding hydrogens is 290 g/mol. The highest BCUT2D eigenvalue weighted by Gasteiger charge is 2.36. The summed E-state index contributed by atoms with van der Waals surface area (Å²) in [7, 11) is 0. The lowest BCUT2D eigenvalue weighted by Crippen LogP contribution is -2.46. The van der Waals surface area contributed by atoms with Gasteiger partial charge in [-0.3, -0.25) is 9.89 Å². The Kier molecular flexibility index (Phi) is 5.67. The molecule has 0 radical (unpaired) electrons. The lowest BCUT2D eigenvalue weighted by molar-refractivity contribution is 0.0269. The van der Waals surface area contributed by atoms with E-state index in [9.17, 15) is 4.79 Å². The standard InChI is InChI=1S/C18H31N3O2/c1-9-18(7,8)13(3)20-15(19)14-10-12(2)11-21(14)16(22)23-17(4,5)6/h9,13-14H,1-2,10-11H2,3-8H3,(H2,19,20)/t13-,14-/m0/s1. The number of rotatable bonds is 4. The van der Waals surface area contributed by atoms with Gasteiger partial charge in [-0.15, -0.1) is 6.58 Å². The monoisotopic (exact) mass is 321 g/mol. The van der Waals surface area contributed by atoms with Crippen LogP contribution in [0.2, 0.25) is 0 Å². The Morgan fingerprint density at radius 1 is 1.43 bits per heavy atom. The molecule has 1 fully saturated rings. The third kappa shape index (κ3) is 5.12. The molecule has 0 aromatic rings. The van der Waals surface area contributed by atoms with Crippen molar-refractivity contribution in [1.82, 2.24) is 4.90 Å². The van der Waals surface area contributed by atoms with Crippen LogP contribution in [0.1, 0.15) is 48.0 Å². The van der Waals surface area contributed by atoms with Crippen molar-refractivity contribution in [3.8, 4) is 0 Å². The van der Waals surface area contributed by atoms with E-state index in [-0.39, 0.29) is 23.6 Å². The average molecular weight is 321 g/mol. The van der Waals surface area contributed by atoms with Crippen molar-refractivity contribution in [2.24, 2.45) is 16.1 Å². The van der Waals surface area contributed by atoms with Gasteiger partial charge in [0.25, 0.3) is 0 Å². The number of likely N-dealkylation sites (tertiary alicyclic amines) is 1. The van der Waals surface area contributed by atoms with Gasteiger partial charge >= 0.3 is 6.09 Å². The van der Waals surface area contributed by atoms with Crippen molar-refractivity contribution < 1.29 is 9.53 Å². The van der Waals surface area contributed by atoms with Crippen LogP contribution < -0.4 is 5.73 Å². The molecule has 5 heteroatoms. The fourth-order valence-electron chi connectivity index (χ4n) is 2.22. The smallest absolute Gasteiger partial charge is 0.411 e. The first-order valence-corrected chi connectivity index (χ1v) is 8.00. The van der Waals surface area contributed by atoms with Crippen molar-refractivity contribution in [3.05, 3.63) is 24.8 Å². The van der Waals surface area contributed by atoms with Gasteiger partial charge in [0.2, 0.25) is 0 Å². The number of nitrogens with zero attached hydrogens (tertiary/aromatic N) is 2. The number of hydrogen-bond acceptors (Lipinski definition) is 3. The van der Waals surface area contributed by atoms with Crippen molar-refractivity contribution in [3.63, 3.8) is 0 Å². The first-order valence-electron chi connectivity index (χ1n) is 8.00. The van der Waals surface area contributed by atoms with Crippen LogP contribution in [0.25, 0.3) is 0 Å². The van der Waals surface area contributed by atoms with E-state index in [0.717, 1.165) is 5.57 Å². The third-order valence-corrected chi connectivity index (χ3v) is 4.17. The van der Waals surface area contributed by atoms with Gasteiger partial charge in [0.1, 0.15) is 11.4 Å². The van der Waals surface area contributed by atoms with E-state index in [4.69, 9.17) is 10.5 Å². The molecule has 0 spiro atoms. The number of amides is 1. The summed E-state index contributed by atoms with van der Waals surface area (Å²) in [6, 6.07) is -0.324. The summed E-state index contributed by atoms with van der Waals surface area (Å²) in [5.41, 5.74) is 6.45. The van der Waals surface area contributed by atoms with Crippen LogP contribution in [-0.4, -0.2) is 41.1 Å². The summed E-state index contributed by atoms with van der Waals surface area (Å²) >= 11 is 0. The number of hydrogen-bond donors (Lipinski definition) is 1. The van der Waals surface area contributed by atoms with Gasteiger partial charge in [0, 0.05) is 12.0 Å². The molecule has 23 heavy (non-hydrogen) atoms. The van der Waals surface area contributed by atoms with Crippen LogP contribution in [0.15, 0.2) is 29.8 Å². The van der Waals surface area contributed by atoms with Crippen LogP contribution in [0, 0.1) is 5.41 Å². The van der Waals surface area contributed by atoms with Crippen molar-refractivity contribution in [2.75, 3.05) is 6.54 Å². The van der Waals surface area contributed by atoms with Crippen LogP contribution in [0.5, 0.6) is 0 Å². The molecule has 0 bridgehead atoms. The van der Waals surface area contributed by atoms with Gasteiger partial charge < -0.3 is 10.5 Å². The first-order chi connectivity index (χ1) is 10.4. The molecule has 1 amide bonds. The average Bonchev–Trinajstić information content (AvgIpc) is 2.79. The zero-order valence-corrected chi connectivity index (χ0v) is 15.3. The molecule has 0 unspecified atom stereocenters. The fraction of sp³-hybridized carbons (Fsp3) is 0.667. The Hall–Kier alpha value is -1.78. The van der Waals surface area contributed by atoms with Gasteiger partial charge in [0.05, 0.1) is 12.1 Å². The van der Waals surface area contributed by atoms with E-state index in [1.807, 2.05) is 33.8 Å². The topological polar surface area (TPSA) is 67.9 Å². The van der Waals surface area contributed by atoms with Gasteiger partial charge in [-0.25, -0.2) is 4.79 Å².